The van der Waals surface area contributed by atoms with Crippen molar-refractivity contribution in [2.45, 2.75) is 13.3 Å². The Kier molecular flexibility index (Phi) is 4.86. The number of nitrogen functional groups attached to an aromatic ring is 1. The van der Waals surface area contributed by atoms with Gasteiger partial charge in [-0.3, -0.25) is 0 Å². The van der Waals surface area contributed by atoms with E-state index in [0.29, 0.717) is 5.82 Å². The fourth-order valence-electron chi connectivity index (χ4n) is 1.43. The third-order valence-corrected chi connectivity index (χ3v) is 2.22. The van der Waals surface area contributed by atoms with Crippen molar-refractivity contribution in [3.05, 3.63) is 18.3 Å². The Morgan fingerprint density at radius 2 is 2.40 bits per heavy atom. The Hall–Kier alpha value is -1.33. The van der Waals surface area contributed by atoms with Crippen LogP contribution in [0.5, 0.6) is 0 Å². The Balaban J connectivity index is 2.72. The van der Waals surface area contributed by atoms with Crippen LogP contribution in [0.1, 0.15) is 13.3 Å². The number of hydrazine groups is 1. The summed E-state index contributed by atoms with van der Waals surface area (Å²) in [5.74, 6) is 5.94. The van der Waals surface area contributed by atoms with Crippen molar-refractivity contribution in [3.8, 4) is 0 Å². The Morgan fingerprint density at radius 1 is 1.60 bits per heavy atom. The largest absolute Gasteiger partial charge is 0.396 e. The summed E-state index contributed by atoms with van der Waals surface area (Å²) in [6.07, 6.45) is 2.48. The maximum absolute atomic E-state index is 8.79. The zero-order valence-corrected chi connectivity index (χ0v) is 8.98. The molecule has 4 N–H and O–H groups in total. The van der Waals surface area contributed by atoms with Gasteiger partial charge in [0.15, 0.2) is 0 Å². The SMILES string of the molecule is CCN(CCCO)c1ccnc(NN)c1. The first kappa shape index (κ1) is 11.7. The number of aliphatic hydroxyl groups is 1. The smallest absolute Gasteiger partial charge is 0.141 e. The van der Waals surface area contributed by atoms with E-state index in [1.165, 1.54) is 0 Å². The van der Waals surface area contributed by atoms with Gasteiger partial charge in [0.25, 0.3) is 0 Å². The van der Waals surface area contributed by atoms with Gasteiger partial charge in [-0.1, -0.05) is 0 Å². The maximum Gasteiger partial charge on any atom is 0.141 e. The van der Waals surface area contributed by atoms with Crippen molar-refractivity contribution >= 4 is 11.5 Å². The van der Waals surface area contributed by atoms with Crippen molar-refractivity contribution in [2.24, 2.45) is 5.84 Å². The third kappa shape index (κ3) is 3.38. The van der Waals surface area contributed by atoms with Gasteiger partial charge in [0.2, 0.25) is 0 Å². The summed E-state index contributed by atoms with van der Waals surface area (Å²) >= 11 is 0. The van der Waals surface area contributed by atoms with E-state index >= 15 is 0 Å². The van der Waals surface area contributed by atoms with Crippen LogP contribution in [0.3, 0.4) is 0 Å². The molecular weight excluding hydrogens is 192 g/mol. The van der Waals surface area contributed by atoms with E-state index in [9.17, 15) is 0 Å². The maximum atomic E-state index is 8.79. The van der Waals surface area contributed by atoms with Gasteiger partial charge < -0.3 is 15.4 Å². The van der Waals surface area contributed by atoms with Gasteiger partial charge in [0.05, 0.1) is 0 Å². The van der Waals surface area contributed by atoms with Crippen molar-refractivity contribution in [1.82, 2.24) is 4.98 Å². The highest BCUT2D eigenvalue weighted by Gasteiger charge is 2.04. The fourth-order valence-corrected chi connectivity index (χ4v) is 1.43. The van der Waals surface area contributed by atoms with E-state index < -0.39 is 0 Å². The van der Waals surface area contributed by atoms with E-state index in [2.05, 4.69) is 22.2 Å². The first-order chi connectivity index (χ1) is 7.31. The zero-order chi connectivity index (χ0) is 11.1. The zero-order valence-electron chi connectivity index (χ0n) is 8.98. The molecule has 0 atom stereocenters. The molecule has 0 amide bonds. The molecule has 0 saturated carbocycles. The molecule has 0 aromatic carbocycles. The Bertz CT molecular complexity index is 293. The summed E-state index contributed by atoms with van der Waals surface area (Å²) in [6, 6.07) is 3.82. The number of hydrogen-bond acceptors (Lipinski definition) is 5. The molecule has 0 radical (unpaired) electrons. The van der Waals surface area contributed by atoms with E-state index in [1.54, 1.807) is 6.20 Å². The number of anilines is 2. The molecule has 1 heterocycles. The summed E-state index contributed by atoms with van der Waals surface area (Å²) in [5, 5.41) is 8.79. The van der Waals surface area contributed by atoms with E-state index in [4.69, 9.17) is 10.9 Å². The van der Waals surface area contributed by atoms with E-state index in [0.717, 1.165) is 25.2 Å². The molecule has 0 saturated heterocycles. The number of rotatable bonds is 6. The van der Waals surface area contributed by atoms with Crippen LogP contribution in [0.25, 0.3) is 0 Å². The number of pyridine rings is 1. The van der Waals surface area contributed by atoms with Crippen LogP contribution >= 0.6 is 0 Å². The van der Waals surface area contributed by atoms with Gasteiger partial charge >= 0.3 is 0 Å². The molecule has 84 valence electrons. The predicted octanol–water partition coefficient (Wildman–Crippen LogP) is 0.576. The summed E-state index contributed by atoms with van der Waals surface area (Å²) in [4.78, 5) is 6.21. The average Bonchev–Trinajstić information content (AvgIpc) is 2.30. The van der Waals surface area contributed by atoms with Crippen LogP contribution in [0.15, 0.2) is 18.3 Å². The van der Waals surface area contributed by atoms with Crippen LogP contribution < -0.4 is 16.2 Å². The normalized spacial score (nSPS) is 10.1. The minimum Gasteiger partial charge on any atom is -0.396 e. The standard InChI is InChI=1S/C10H18N4O/c1-2-14(6-3-7-15)9-4-5-12-10(8-9)13-11/h4-5,8,15H,2-3,6-7,11H2,1H3,(H,12,13). The topological polar surface area (TPSA) is 74.4 Å². The average molecular weight is 210 g/mol. The lowest BCUT2D eigenvalue weighted by Crippen LogP contribution is -2.24. The number of nitrogens with two attached hydrogens (primary N) is 1. The number of nitrogens with one attached hydrogen (secondary N) is 1. The van der Waals surface area contributed by atoms with Crippen molar-refractivity contribution in [2.75, 3.05) is 30.0 Å². The number of aromatic nitrogens is 1. The van der Waals surface area contributed by atoms with Crippen LogP contribution in [0, 0.1) is 0 Å². The van der Waals surface area contributed by atoms with Gasteiger partial charge in [-0.15, -0.1) is 0 Å². The quantitative estimate of drug-likeness (QED) is 0.473. The van der Waals surface area contributed by atoms with Gasteiger partial charge in [0, 0.05) is 37.6 Å². The fraction of sp³-hybridized carbons (Fsp3) is 0.500. The molecule has 1 aromatic heterocycles. The molecule has 0 spiro atoms. The molecule has 0 unspecified atom stereocenters. The molecule has 5 nitrogen and oxygen atoms in total. The van der Waals surface area contributed by atoms with Crippen LogP contribution in [-0.4, -0.2) is 29.8 Å². The van der Waals surface area contributed by atoms with Gasteiger partial charge in [-0.05, 0) is 19.4 Å². The Morgan fingerprint density at radius 3 is 3.00 bits per heavy atom. The van der Waals surface area contributed by atoms with Crippen LogP contribution in [0.2, 0.25) is 0 Å². The Labute approximate surface area is 89.9 Å². The van der Waals surface area contributed by atoms with Crippen LogP contribution in [0.4, 0.5) is 11.5 Å². The number of aliphatic hydroxyl groups excluding tert-OH is 1. The molecule has 5 heteroatoms. The molecule has 1 aromatic rings. The van der Waals surface area contributed by atoms with Crippen molar-refractivity contribution in [3.63, 3.8) is 0 Å². The summed E-state index contributed by atoms with van der Waals surface area (Å²) in [5.41, 5.74) is 3.58. The van der Waals surface area contributed by atoms with E-state index in [-0.39, 0.29) is 6.61 Å². The monoisotopic (exact) mass is 210 g/mol. The van der Waals surface area contributed by atoms with Gasteiger partial charge in [-0.25, -0.2) is 10.8 Å². The highest BCUT2D eigenvalue weighted by atomic mass is 16.3. The second-order valence-electron chi connectivity index (χ2n) is 3.20. The van der Waals surface area contributed by atoms with Crippen molar-refractivity contribution < 1.29 is 5.11 Å². The second-order valence-corrected chi connectivity index (χ2v) is 3.20. The van der Waals surface area contributed by atoms with E-state index in [1.807, 2.05) is 12.1 Å². The highest BCUT2D eigenvalue weighted by Crippen LogP contribution is 2.16. The molecule has 0 bridgehead atoms. The molecular formula is C10H18N4O. The molecule has 0 aliphatic carbocycles. The third-order valence-electron chi connectivity index (χ3n) is 2.22. The molecule has 1 rings (SSSR count). The summed E-state index contributed by atoms with van der Waals surface area (Å²) < 4.78 is 0. The minimum atomic E-state index is 0.212. The molecule has 0 fully saturated rings. The number of nitrogens with zero attached hydrogens (tertiary/aromatic N) is 2. The lowest BCUT2D eigenvalue weighted by Gasteiger charge is -2.22. The molecule has 0 aliphatic rings. The number of hydrogen-bond donors (Lipinski definition) is 3. The first-order valence-electron chi connectivity index (χ1n) is 5.10. The second kappa shape index (κ2) is 6.21. The first-order valence-corrected chi connectivity index (χ1v) is 5.10. The summed E-state index contributed by atoms with van der Waals surface area (Å²) in [6.45, 7) is 4.02. The molecule has 15 heavy (non-hydrogen) atoms. The highest BCUT2D eigenvalue weighted by molar-refractivity contribution is 5.53. The predicted molar refractivity (Wildman–Crippen MR) is 61.6 cm³/mol. The summed E-state index contributed by atoms with van der Waals surface area (Å²) in [7, 11) is 0. The van der Waals surface area contributed by atoms with Gasteiger partial charge in [-0.2, -0.15) is 0 Å². The lowest BCUT2D eigenvalue weighted by molar-refractivity contribution is 0.289. The molecule has 0 aliphatic heterocycles. The lowest BCUT2D eigenvalue weighted by atomic mass is 10.3. The van der Waals surface area contributed by atoms with Crippen LogP contribution in [-0.2, 0) is 0 Å². The van der Waals surface area contributed by atoms with Crippen molar-refractivity contribution in [1.29, 1.82) is 0 Å². The minimum absolute atomic E-state index is 0.212. The van der Waals surface area contributed by atoms with Gasteiger partial charge in [0.1, 0.15) is 5.82 Å².